The SMILES string of the molecule is S=c1n(CN2CC=C(c3ccccc3)CC2)nc(-c2ccncc2)n1C1CC1. The Morgan fingerprint density at radius 1 is 1.00 bits per heavy atom. The monoisotopic (exact) mass is 389 g/mol. The fourth-order valence-electron chi connectivity index (χ4n) is 3.82. The fraction of sp³-hybridized carbons (Fsp3) is 0.318. The van der Waals surface area contributed by atoms with Gasteiger partial charge in [-0.1, -0.05) is 36.4 Å². The number of hydrogen-bond acceptors (Lipinski definition) is 4. The molecular weight excluding hydrogens is 366 g/mol. The van der Waals surface area contributed by atoms with Crippen molar-refractivity contribution in [1.82, 2.24) is 24.2 Å². The minimum absolute atomic E-state index is 0.496. The van der Waals surface area contributed by atoms with Gasteiger partial charge in [0.25, 0.3) is 0 Å². The summed E-state index contributed by atoms with van der Waals surface area (Å²) in [4.78, 5) is 6.54. The summed E-state index contributed by atoms with van der Waals surface area (Å²) in [6.07, 6.45) is 9.39. The second kappa shape index (κ2) is 7.45. The number of rotatable bonds is 5. The van der Waals surface area contributed by atoms with E-state index in [1.165, 1.54) is 24.0 Å². The first-order valence-corrected chi connectivity index (χ1v) is 10.3. The van der Waals surface area contributed by atoms with E-state index in [4.69, 9.17) is 17.3 Å². The summed E-state index contributed by atoms with van der Waals surface area (Å²) < 4.78 is 5.05. The van der Waals surface area contributed by atoms with E-state index in [9.17, 15) is 0 Å². The summed E-state index contributed by atoms with van der Waals surface area (Å²) in [6.45, 7) is 2.67. The molecule has 5 rings (SSSR count). The van der Waals surface area contributed by atoms with Crippen molar-refractivity contribution in [2.24, 2.45) is 0 Å². The van der Waals surface area contributed by atoms with Crippen LogP contribution in [0.1, 0.15) is 30.9 Å². The maximum absolute atomic E-state index is 5.80. The molecule has 1 aliphatic carbocycles. The highest BCUT2D eigenvalue weighted by Gasteiger charge is 2.29. The van der Waals surface area contributed by atoms with Crippen LogP contribution in [0.15, 0.2) is 60.9 Å². The van der Waals surface area contributed by atoms with E-state index in [2.05, 4.69) is 50.9 Å². The molecule has 2 aliphatic rings. The molecule has 0 atom stereocenters. The maximum Gasteiger partial charge on any atom is 0.199 e. The molecule has 1 aliphatic heterocycles. The van der Waals surface area contributed by atoms with Crippen LogP contribution >= 0.6 is 12.2 Å². The van der Waals surface area contributed by atoms with Crippen LogP contribution in [0, 0.1) is 4.77 Å². The van der Waals surface area contributed by atoms with Crippen LogP contribution in [0.25, 0.3) is 17.0 Å². The molecule has 0 amide bonds. The van der Waals surface area contributed by atoms with Crippen LogP contribution in [0.4, 0.5) is 0 Å². The van der Waals surface area contributed by atoms with Crippen LogP contribution in [0.3, 0.4) is 0 Å². The van der Waals surface area contributed by atoms with E-state index < -0.39 is 0 Å². The Hall–Kier alpha value is -2.57. The molecule has 1 aromatic carbocycles. The predicted octanol–water partition coefficient (Wildman–Crippen LogP) is 4.56. The number of hydrogen-bond donors (Lipinski definition) is 0. The zero-order valence-electron chi connectivity index (χ0n) is 15.7. The van der Waals surface area contributed by atoms with Gasteiger partial charge in [0.1, 0.15) is 0 Å². The summed E-state index contributed by atoms with van der Waals surface area (Å²) in [7, 11) is 0. The molecule has 1 saturated carbocycles. The van der Waals surface area contributed by atoms with Gasteiger partial charge in [-0.25, -0.2) is 4.68 Å². The molecule has 28 heavy (non-hydrogen) atoms. The summed E-state index contributed by atoms with van der Waals surface area (Å²) in [5, 5.41) is 4.90. The van der Waals surface area contributed by atoms with Gasteiger partial charge in [0.15, 0.2) is 10.6 Å². The van der Waals surface area contributed by atoms with Crippen LogP contribution in [0.5, 0.6) is 0 Å². The minimum Gasteiger partial charge on any atom is -0.297 e. The Bertz CT molecular complexity index is 1050. The number of pyridine rings is 1. The van der Waals surface area contributed by atoms with E-state index in [1.54, 1.807) is 0 Å². The second-order valence-electron chi connectivity index (χ2n) is 7.51. The quantitative estimate of drug-likeness (QED) is 0.600. The average molecular weight is 390 g/mol. The standard InChI is InChI=1S/C22H23N5S/c28-22-26(16-25-14-10-18(11-15-25)17-4-2-1-3-5-17)24-21(27(22)20-6-7-20)19-8-12-23-13-9-19/h1-5,8-10,12-13,20H,6-7,11,14-16H2. The number of benzene rings is 1. The molecule has 0 spiro atoms. The molecule has 142 valence electrons. The van der Waals surface area contributed by atoms with E-state index in [-0.39, 0.29) is 0 Å². The van der Waals surface area contributed by atoms with Gasteiger partial charge in [-0.15, -0.1) is 0 Å². The van der Waals surface area contributed by atoms with Crippen molar-refractivity contribution in [3.63, 3.8) is 0 Å². The van der Waals surface area contributed by atoms with Gasteiger partial charge < -0.3 is 0 Å². The smallest absolute Gasteiger partial charge is 0.199 e. The van der Waals surface area contributed by atoms with Crippen molar-refractivity contribution in [3.05, 3.63) is 71.3 Å². The fourth-order valence-corrected chi connectivity index (χ4v) is 4.15. The van der Waals surface area contributed by atoms with Gasteiger partial charge in [0, 0.05) is 37.1 Å². The van der Waals surface area contributed by atoms with E-state index in [1.807, 2.05) is 29.2 Å². The lowest BCUT2D eigenvalue weighted by atomic mass is 10.00. The normalized spacial score (nSPS) is 17.5. The van der Waals surface area contributed by atoms with Gasteiger partial charge in [-0.2, -0.15) is 5.10 Å². The summed E-state index contributed by atoms with van der Waals surface area (Å²) in [5.41, 5.74) is 3.84. The Labute approximate surface area is 170 Å². The molecule has 0 bridgehead atoms. The Morgan fingerprint density at radius 2 is 1.79 bits per heavy atom. The van der Waals surface area contributed by atoms with Crippen LogP contribution in [-0.4, -0.2) is 37.3 Å². The molecule has 3 aromatic rings. The zero-order chi connectivity index (χ0) is 18.9. The first kappa shape index (κ1) is 17.5. The first-order valence-electron chi connectivity index (χ1n) is 9.86. The molecule has 0 saturated heterocycles. The molecule has 1 fully saturated rings. The lowest BCUT2D eigenvalue weighted by Gasteiger charge is -2.26. The molecule has 5 nitrogen and oxygen atoms in total. The first-order chi connectivity index (χ1) is 13.8. The summed E-state index contributed by atoms with van der Waals surface area (Å²) in [6, 6.07) is 15.2. The highest BCUT2D eigenvalue weighted by atomic mass is 32.1. The third-order valence-corrected chi connectivity index (χ3v) is 5.90. The maximum atomic E-state index is 5.80. The van der Waals surface area contributed by atoms with Crippen LogP contribution in [0.2, 0.25) is 0 Å². The number of aromatic nitrogens is 4. The van der Waals surface area contributed by atoms with Gasteiger partial charge in [-0.05, 0) is 54.7 Å². The summed E-state index contributed by atoms with van der Waals surface area (Å²) in [5.74, 6) is 0.965. The van der Waals surface area contributed by atoms with Crippen molar-refractivity contribution < 1.29 is 0 Å². The van der Waals surface area contributed by atoms with Crippen LogP contribution in [-0.2, 0) is 6.67 Å². The lowest BCUT2D eigenvalue weighted by Crippen LogP contribution is -2.31. The third-order valence-electron chi connectivity index (χ3n) is 5.49. The Morgan fingerprint density at radius 3 is 2.46 bits per heavy atom. The number of nitrogens with zero attached hydrogens (tertiary/aromatic N) is 5. The van der Waals surface area contributed by atoms with Gasteiger partial charge in [0.2, 0.25) is 0 Å². The van der Waals surface area contributed by atoms with Crippen molar-refractivity contribution in [1.29, 1.82) is 0 Å². The Balaban J connectivity index is 1.38. The summed E-state index contributed by atoms with van der Waals surface area (Å²) >= 11 is 5.80. The third kappa shape index (κ3) is 3.45. The zero-order valence-corrected chi connectivity index (χ0v) is 16.6. The van der Waals surface area contributed by atoms with Crippen molar-refractivity contribution >= 4 is 17.8 Å². The highest BCUT2D eigenvalue weighted by Crippen LogP contribution is 2.38. The van der Waals surface area contributed by atoms with Crippen LogP contribution < -0.4 is 0 Å². The van der Waals surface area contributed by atoms with E-state index in [0.717, 1.165) is 42.3 Å². The molecule has 6 heteroatoms. The van der Waals surface area contributed by atoms with Gasteiger partial charge in [0.05, 0.1) is 6.67 Å². The van der Waals surface area contributed by atoms with Crippen molar-refractivity contribution in [3.8, 4) is 11.4 Å². The minimum atomic E-state index is 0.496. The van der Waals surface area contributed by atoms with E-state index in [0.29, 0.717) is 6.04 Å². The Kier molecular flexibility index (Phi) is 4.66. The van der Waals surface area contributed by atoms with Gasteiger partial charge >= 0.3 is 0 Å². The second-order valence-corrected chi connectivity index (χ2v) is 7.87. The molecule has 0 radical (unpaired) electrons. The highest BCUT2D eigenvalue weighted by molar-refractivity contribution is 7.71. The molecule has 0 N–H and O–H groups in total. The van der Waals surface area contributed by atoms with Crippen molar-refractivity contribution in [2.75, 3.05) is 13.1 Å². The molecular formula is C22H23N5S. The molecule has 3 heterocycles. The lowest BCUT2D eigenvalue weighted by molar-refractivity contribution is 0.226. The largest absolute Gasteiger partial charge is 0.297 e. The van der Waals surface area contributed by atoms with Crippen molar-refractivity contribution in [2.45, 2.75) is 32.0 Å². The average Bonchev–Trinajstić information content (AvgIpc) is 3.54. The van der Waals surface area contributed by atoms with Gasteiger partial charge in [-0.3, -0.25) is 14.5 Å². The molecule has 2 aromatic heterocycles. The van der Waals surface area contributed by atoms with E-state index >= 15 is 0 Å². The topological polar surface area (TPSA) is 38.9 Å². The molecule has 0 unspecified atom stereocenters. The predicted molar refractivity (Wildman–Crippen MR) is 113 cm³/mol.